The molecule has 6 nitrogen and oxygen atoms in total. The summed E-state index contributed by atoms with van der Waals surface area (Å²) in [5, 5.41) is 4.12. The number of hydrogen-bond donors (Lipinski definition) is 0. The average Bonchev–Trinajstić information content (AvgIpc) is 3.40. The Bertz CT molecular complexity index is 899. The Hall–Kier alpha value is -3.02. The molecule has 0 spiro atoms. The van der Waals surface area contributed by atoms with Gasteiger partial charge in [0.2, 0.25) is 5.82 Å². The minimum absolute atomic E-state index is 0.245. The van der Waals surface area contributed by atoms with Gasteiger partial charge in [0.25, 0.3) is 5.89 Å². The third-order valence-electron chi connectivity index (χ3n) is 4.78. The van der Waals surface area contributed by atoms with Crippen LogP contribution in [0.15, 0.2) is 47.0 Å². The quantitative estimate of drug-likeness (QED) is 0.628. The van der Waals surface area contributed by atoms with Crippen molar-refractivity contribution in [3.63, 3.8) is 0 Å². The van der Waals surface area contributed by atoms with E-state index in [9.17, 15) is 0 Å². The molecule has 1 fully saturated rings. The Morgan fingerprint density at radius 1 is 0.889 bits per heavy atom. The van der Waals surface area contributed by atoms with E-state index in [2.05, 4.69) is 10.1 Å². The Morgan fingerprint density at radius 2 is 1.63 bits per heavy atom. The molecular weight excluding hydrogens is 344 g/mol. The summed E-state index contributed by atoms with van der Waals surface area (Å²) in [5.41, 5.74) is 1.66. The maximum Gasteiger partial charge on any atom is 0.258 e. The fourth-order valence-corrected chi connectivity index (χ4v) is 3.29. The van der Waals surface area contributed by atoms with Gasteiger partial charge >= 0.3 is 0 Å². The molecule has 0 amide bonds. The van der Waals surface area contributed by atoms with Gasteiger partial charge in [0, 0.05) is 11.1 Å². The van der Waals surface area contributed by atoms with Crippen LogP contribution in [0.25, 0.3) is 22.8 Å². The van der Waals surface area contributed by atoms with Gasteiger partial charge in [0.1, 0.15) is 5.75 Å². The standard InChI is InChI=1S/C21H22N2O4/c1-24-16-10-7-14(8-11-16)21-22-20(23-27-21)15-9-12-18(25-2)19(13-15)26-17-5-3-4-6-17/h7-13,17H,3-6H2,1-2H3. The summed E-state index contributed by atoms with van der Waals surface area (Å²) in [6, 6.07) is 13.2. The number of hydrogen-bond acceptors (Lipinski definition) is 6. The highest BCUT2D eigenvalue weighted by molar-refractivity contribution is 5.63. The van der Waals surface area contributed by atoms with Crippen LogP contribution in [0.1, 0.15) is 25.7 Å². The lowest BCUT2D eigenvalue weighted by Gasteiger charge is -2.16. The molecule has 2 aromatic carbocycles. The van der Waals surface area contributed by atoms with Crippen molar-refractivity contribution in [1.29, 1.82) is 0 Å². The van der Waals surface area contributed by atoms with Crippen LogP contribution in [-0.4, -0.2) is 30.5 Å². The number of benzene rings is 2. The molecule has 27 heavy (non-hydrogen) atoms. The molecule has 0 N–H and O–H groups in total. The summed E-state index contributed by atoms with van der Waals surface area (Å²) in [4.78, 5) is 4.52. The van der Waals surface area contributed by atoms with Crippen molar-refractivity contribution >= 4 is 0 Å². The number of aromatic nitrogens is 2. The average molecular weight is 366 g/mol. The second kappa shape index (κ2) is 7.70. The van der Waals surface area contributed by atoms with Crippen LogP contribution in [0.5, 0.6) is 17.2 Å². The summed E-state index contributed by atoms with van der Waals surface area (Å²) >= 11 is 0. The Morgan fingerprint density at radius 3 is 2.33 bits per heavy atom. The SMILES string of the molecule is COc1ccc(-c2nc(-c3ccc(OC)c(OC4CCCC4)c3)no2)cc1. The molecule has 1 aliphatic carbocycles. The zero-order valence-corrected chi connectivity index (χ0v) is 15.5. The largest absolute Gasteiger partial charge is 0.497 e. The smallest absolute Gasteiger partial charge is 0.258 e. The van der Waals surface area contributed by atoms with E-state index in [-0.39, 0.29) is 6.10 Å². The fourth-order valence-electron chi connectivity index (χ4n) is 3.29. The molecule has 1 heterocycles. The summed E-state index contributed by atoms with van der Waals surface area (Å²) < 4.78 is 22.2. The Balaban J connectivity index is 1.60. The van der Waals surface area contributed by atoms with Crippen molar-refractivity contribution in [1.82, 2.24) is 10.1 Å². The lowest BCUT2D eigenvalue weighted by molar-refractivity contribution is 0.201. The summed E-state index contributed by atoms with van der Waals surface area (Å²) in [7, 11) is 3.28. The number of rotatable bonds is 6. The Labute approximate surface area is 158 Å². The maximum absolute atomic E-state index is 6.15. The first-order valence-corrected chi connectivity index (χ1v) is 9.10. The van der Waals surface area contributed by atoms with Crippen molar-refractivity contribution in [2.24, 2.45) is 0 Å². The maximum atomic E-state index is 6.15. The van der Waals surface area contributed by atoms with Crippen molar-refractivity contribution < 1.29 is 18.7 Å². The van der Waals surface area contributed by atoms with Gasteiger partial charge in [-0.3, -0.25) is 0 Å². The second-order valence-electron chi connectivity index (χ2n) is 6.54. The molecule has 4 rings (SSSR count). The molecule has 1 aromatic heterocycles. The van der Waals surface area contributed by atoms with Gasteiger partial charge in [-0.2, -0.15) is 4.98 Å². The van der Waals surface area contributed by atoms with Gasteiger partial charge in [-0.15, -0.1) is 0 Å². The first-order valence-electron chi connectivity index (χ1n) is 9.10. The lowest BCUT2D eigenvalue weighted by atomic mass is 10.2. The van der Waals surface area contributed by atoms with Gasteiger partial charge in [-0.05, 0) is 68.1 Å². The molecule has 0 unspecified atom stereocenters. The third-order valence-corrected chi connectivity index (χ3v) is 4.78. The molecular formula is C21H22N2O4. The van der Waals surface area contributed by atoms with E-state index < -0.39 is 0 Å². The first kappa shape index (κ1) is 17.4. The van der Waals surface area contributed by atoms with Gasteiger partial charge < -0.3 is 18.7 Å². The van der Waals surface area contributed by atoms with E-state index in [1.807, 2.05) is 42.5 Å². The fraction of sp³-hybridized carbons (Fsp3) is 0.333. The van der Waals surface area contributed by atoms with E-state index in [4.69, 9.17) is 18.7 Å². The van der Waals surface area contributed by atoms with Crippen LogP contribution in [0.4, 0.5) is 0 Å². The molecule has 1 aliphatic rings. The normalized spacial score (nSPS) is 14.3. The number of ether oxygens (including phenoxy) is 3. The molecule has 0 saturated heterocycles. The molecule has 0 bridgehead atoms. The summed E-state index contributed by atoms with van der Waals surface area (Å²) in [5.74, 6) is 3.19. The van der Waals surface area contributed by atoms with Crippen LogP contribution in [0.3, 0.4) is 0 Å². The van der Waals surface area contributed by atoms with Crippen molar-refractivity contribution in [2.45, 2.75) is 31.8 Å². The minimum atomic E-state index is 0.245. The Kier molecular flexibility index (Phi) is 4.96. The molecule has 6 heteroatoms. The summed E-state index contributed by atoms with van der Waals surface area (Å²) in [6.45, 7) is 0. The van der Waals surface area contributed by atoms with Gasteiger partial charge in [-0.1, -0.05) is 5.16 Å². The molecule has 3 aromatic rings. The molecule has 1 saturated carbocycles. The van der Waals surface area contributed by atoms with Gasteiger partial charge in [0.05, 0.1) is 20.3 Å². The molecule has 0 aliphatic heterocycles. The number of nitrogens with zero attached hydrogens (tertiary/aromatic N) is 2. The molecule has 0 radical (unpaired) electrons. The third kappa shape index (κ3) is 3.74. The van der Waals surface area contributed by atoms with Crippen LogP contribution in [-0.2, 0) is 0 Å². The summed E-state index contributed by atoms with van der Waals surface area (Å²) in [6.07, 6.45) is 4.83. The predicted molar refractivity (Wildman–Crippen MR) is 101 cm³/mol. The van der Waals surface area contributed by atoms with E-state index in [0.29, 0.717) is 17.5 Å². The van der Waals surface area contributed by atoms with E-state index in [1.54, 1.807) is 14.2 Å². The predicted octanol–water partition coefficient (Wildman–Crippen LogP) is 4.74. The highest BCUT2D eigenvalue weighted by Crippen LogP contribution is 2.35. The molecule has 0 atom stereocenters. The van der Waals surface area contributed by atoms with Gasteiger partial charge in [-0.25, -0.2) is 0 Å². The van der Waals surface area contributed by atoms with Gasteiger partial charge in [0.15, 0.2) is 11.5 Å². The van der Waals surface area contributed by atoms with Crippen LogP contribution >= 0.6 is 0 Å². The topological polar surface area (TPSA) is 66.6 Å². The highest BCUT2D eigenvalue weighted by atomic mass is 16.5. The minimum Gasteiger partial charge on any atom is -0.497 e. The zero-order valence-electron chi connectivity index (χ0n) is 15.5. The van der Waals surface area contributed by atoms with Crippen molar-refractivity contribution in [3.8, 4) is 40.1 Å². The highest BCUT2D eigenvalue weighted by Gasteiger charge is 2.20. The van der Waals surface area contributed by atoms with Crippen molar-refractivity contribution in [2.75, 3.05) is 14.2 Å². The van der Waals surface area contributed by atoms with E-state index in [0.717, 1.165) is 35.5 Å². The second-order valence-corrected chi connectivity index (χ2v) is 6.54. The zero-order chi connectivity index (χ0) is 18.6. The monoisotopic (exact) mass is 366 g/mol. The van der Waals surface area contributed by atoms with Crippen LogP contribution < -0.4 is 14.2 Å². The van der Waals surface area contributed by atoms with E-state index >= 15 is 0 Å². The van der Waals surface area contributed by atoms with Crippen LogP contribution in [0, 0.1) is 0 Å². The lowest BCUT2D eigenvalue weighted by Crippen LogP contribution is -2.11. The van der Waals surface area contributed by atoms with Crippen LogP contribution in [0.2, 0.25) is 0 Å². The molecule has 140 valence electrons. The first-order chi connectivity index (χ1) is 13.3. The number of methoxy groups -OCH3 is 2. The van der Waals surface area contributed by atoms with Crippen molar-refractivity contribution in [3.05, 3.63) is 42.5 Å². The van der Waals surface area contributed by atoms with E-state index in [1.165, 1.54) is 12.8 Å².